The Morgan fingerprint density at radius 1 is 1.17 bits per heavy atom. The lowest BCUT2D eigenvalue weighted by Crippen LogP contribution is -2.49. The van der Waals surface area contributed by atoms with Gasteiger partial charge in [0.15, 0.2) is 5.82 Å². The Bertz CT molecular complexity index is 427. The van der Waals surface area contributed by atoms with E-state index in [9.17, 15) is 0 Å². The van der Waals surface area contributed by atoms with Gasteiger partial charge in [0.05, 0.1) is 6.04 Å². The second-order valence-electron chi connectivity index (χ2n) is 7.03. The summed E-state index contributed by atoms with van der Waals surface area (Å²) < 4.78 is 0. The molecule has 5 rings (SSSR count). The Morgan fingerprint density at radius 2 is 1.72 bits per heavy atom. The van der Waals surface area contributed by atoms with Gasteiger partial charge in [0, 0.05) is 5.41 Å². The summed E-state index contributed by atoms with van der Waals surface area (Å²) in [5, 5.41) is 7.56. The monoisotopic (exact) mass is 246 g/mol. The van der Waals surface area contributed by atoms with E-state index >= 15 is 0 Å². The zero-order chi connectivity index (χ0) is 12.3. The molecule has 4 saturated carbocycles. The van der Waals surface area contributed by atoms with Crippen molar-refractivity contribution in [1.29, 1.82) is 0 Å². The maximum Gasteiger partial charge on any atom is 0.156 e. The number of aromatic amines is 1. The van der Waals surface area contributed by atoms with Crippen LogP contribution in [0.15, 0.2) is 0 Å². The molecule has 1 atom stereocenters. The largest absolute Gasteiger partial charge is 0.322 e. The maximum absolute atomic E-state index is 5.88. The highest BCUT2D eigenvalue weighted by Gasteiger charge is 2.53. The molecule has 4 nitrogen and oxygen atoms in total. The van der Waals surface area contributed by atoms with Crippen LogP contribution in [0.5, 0.6) is 0 Å². The number of nitrogens with one attached hydrogen (secondary N) is 1. The van der Waals surface area contributed by atoms with E-state index in [0.29, 0.717) is 5.41 Å². The third kappa shape index (κ3) is 1.48. The first-order valence-electron chi connectivity index (χ1n) is 7.33. The lowest BCUT2D eigenvalue weighted by molar-refractivity contribution is -0.00926. The fourth-order valence-corrected chi connectivity index (χ4v) is 5.10. The molecule has 4 aliphatic rings. The first kappa shape index (κ1) is 11.0. The number of H-pyrrole nitrogens is 1. The molecule has 0 aromatic carbocycles. The summed E-state index contributed by atoms with van der Waals surface area (Å²) in [5.41, 5.74) is 6.17. The topological polar surface area (TPSA) is 67.6 Å². The van der Waals surface area contributed by atoms with Gasteiger partial charge in [0.1, 0.15) is 5.82 Å². The minimum absolute atomic E-state index is 0.0415. The van der Waals surface area contributed by atoms with E-state index in [2.05, 4.69) is 10.2 Å². The molecule has 1 unspecified atom stereocenters. The standard InChI is InChI=1S/C14H22N4/c1-8(15)12-16-13(18-17-12)14-5-9-2-10(6-14)4-11(3-9)7-14/h8-11H,2-7,15H2,1H3,(H,16,17,18). The number of nitrogens with two attached hydrogens (primary N) is 1. The summed E-state index contributed by atoms with van der Waals surface area (Å²) >= 11 is 0. The quantitative estimate of drug-likeness (QED) is 0.841. The van der Waals surface area contributed by atoms with Crippen LogP contribution in [0.1, 0.15) is 63.1 Å². The number of hydrogen-bond donors (Lipinski definition) is 2. The van der Waals surface area contributed by atoms with E-state index in [0.717, 1.165) is 29.4 Å². The van der Waals surface area contributed by atoms with Crippen LogP contribution in [0.25, 0.3) is 0 Å². The summed E-state index contributed by atoms with van der Waals surface area (Å²) in [6, 6.07) is -0.0415. The van der Waals surface area contributed by atoms with E-state index in [-0.39, 0.29) is 6.04 Å². The fraction of sp³-hybridized carbons (Fsp3) is 0.857. The molecule has 4 aliphatic carbocycles. The number of nitrogens with zero attached hydrogens (tertiary/aromatic N) is 2. The molecule has 0 spiro atoms. The highest BCUT2D eigenvalue weighted by Crippen LogP contribution is 2.60. The molecule has 0 aliphatic heterocycles. The van der Waals surface area contributed by atoms with Crippen molar-refractivity contribution in [2.24, 2.45) is 23.5 Å². The van der Waals surface area contributed by atoms with Crippen LogP contribution in [0.3, 0.4) is 0 Å². The molecule has 1 aromatic heterocycles. The molecule has 18 heavy (non-hydrogen) atoms. The van der Waals surface area contributed by atoms with Crippen molar-refractivity contribution < 1.29 is 0 Å². The molecule has 3 N–H and O–H groups in total. The highest BCUT2D eigenvalue weighted by atomic mass is 15.2. The Hall–Kier alpha value is -0.900. The van der Waals surface area contributed by atoms with Crippen molar-refractivity contribution in [2.75, 3.05) is 0 Å². The van der Waals surface area contributed by atoms with Crippen LogP contribution in [0.2, 0.25) is 0 Å². The molecule has 4 fully saturated rings. The lowest BCUT2D eigenvalue weighted by atomic mass is 9.49. The van der Waals surface area contributed by atoms with Gasteiger partial charge in [-0.3, -0.25) is 5.10 Å². The summed E-state index contributed by atoms with van der Waals surface area (Å²) in [7, 11) is 0. The van der Waals surface area contributed by atoms with Gasteiger partial charge in [-0.15, -0.1) is 0 Å². The molecular weight excluding hydrogens is 224 g/mol. The van der Waals surface area contributed by atoms with Gasteiger partial charge in [-0.2, -0.15) is 5.10 Å². The fourth-order valence-electron chi connectivity index (χ4n) is 5.10. The number of rotatable bonds is 2. The first-order chi connectivity index (χ1) is 8.64. The predicted molar refractivity (Wildman–Crippen MR) is 68.8 cm³/mol. The third-order valence-corrected chi connectivity index (χ3v) is 5.45. The van der Waals surface area contributed by atoms with Gasteiger partial charge in [-0.25, -0.2) is 4.98 Å². The average molecular weight is 246 g/mol. The molecule has 1 aromatic rings. The van der Waals surface area contributed by atoms with E-state index in [1.165, 1.54) is 38.5 Å². The SMILES string of the molecule is CC(N)c1nc(C23CC4CC(CC(C4)C2)C3)n[nH]1. The van der Waals surface area contributed by atoms with Gasteiger partial charge in [-0.1, -0.05) is 0 Å². The lowest BCUT2D eigenvalue weighted by Gasteiger charge is -2.55. The third-order valence-electron chi connectivity index (χ3n) is 5.45. The Balaban J connectivity index is 1.70. The number of hydrogen-bond acceptors (Lipinski definition) is 3. The second-order valence-corrected chi connectivity index (χ2v) is 7.03. The van der Waals surface area contributed by atoms with E-state index in [4.69, 9.17) is 10.7 Å². The summed E-state index contributed by atoms with van der Waals surface area (Å²) in [6.45, 7) is 1.96. The van der Waals surface area contributed by atoms with Gasteiger partial charge < -0.3 is 5.73 Å². The first-order valence-corrected chi connectivity index (χ1v) is 7.33. The van der Waals surface area contributed by atoms with Gasteiger partial charge in [-0.05, 0) is 63.2 Å². The molecule has 98 valence electrons. The molecule has 0 amide bonds. The van der Waals surface area contributed by atoms with Crippen LogP contribution in [-0.2, 0) is 5.41 Å². The Kier molecular flexibility index (Phi) is 2.17. The zero-order valence-electron chi connectivity index (χ0n) is 11.0. The Labute approximate surface area is 108 Å². The van der Waals surface area contributed by atoms with Crippen LogP contribution < -0.4 is 5.73 Å². The minimum atomic E-state index is -0.0415. The normalized spacial score (nSPS) is 43.3. The van der Waals surface area contributed by atoms with Crippen LogP contribution >= 0.6 is 0 Å². The van der Waals surface area contributed by atoms with Crippen molar-refractivity contribution in [3.05, 3.63) is 11.6 Å². The van der Waals surface area contributed by atoms with Gasteiger partial charge >= 0.3 is 0 Å². The predicted octanol–water partition coefficient (Wildman–Crippen LogP) is 2.29. The average Bonchev–Trinajstić information content (AvgIpc) is 2.76. The highest BCUT2D eigenvalue weighted by molar-refractivity contribution is 5.17. The van der Waals surface area contributed by atoms with Gasteiger partial charge in [0.25, 0.3) is 0 Å². The van der Waals surface area contributed by atoms with Crippen molar-refractivity contribution in [1.82, 2.24) is 15.2 Å². The van der Waals surface area contributed by atoms with Crippen molar-refractivity contribution in [3.8, 4) is 0 Å². The zero-order valence-corrected chi connectivity index (χ0v) is 11.0. The van der Waals surface area contributed by atoms with Crippen LogP contribution in [-0.4, -0.2) is 15.2 Å². The summed E-state index contributed by atoms with van der Waals surface area (Å²) in [5.74, 6) is 4.73. The molecule has 0 saturated heterocycles. The maximum atomic E-state index is 5.88. The summed E-state index contributed by atoms with van der Waals surface area (Å²) in [4.78, 5) is 4.71. The van der Waals surface area contributed by atoms with Crippen molar-refractivity contribution in [3.63, 3.8) is 0 Å². The van der Waals surface area contributed by atoms with Crippen molar-refractivity contribution in [2.45, 2.75) is 56.9 Å². The molecule has 4 bridgehead atoms. The molecular formula is C14H22N4. The van der Waals surface area contributed by atoms with E-state index in [1.807, 2.05) is 6.92 Å². The molecule has 4 heteroatoms. The smallest absolute Gasteiger partial charge is 0.156 e. The Morgan fingerprint density at radius 3 is 2.17 bits per heavy atom. The minimum Gasteiger partial charge on any atom is -0.322 e. The van der Waals surface area contributed by atoms with Crippen LogP contribution in [0.4, 0.5) is 0 Å². The second kappa shape index (κ2) is 3.56. The molecule has 0 radical (unpaired) electrons. The summed E-state index contributed by atoms with van der Waals surface area (Å²) in [6.07, 6.45) is 8.33. The van der Waals surface area contributed by atoms with E-state index in [1.54, 1.807) is 0 Å². The number of aromatic nitrogens is 3. The van der Waals surface area contributed by atoms with Gasteiger partial charge in [0.2, 0.25) is 0 Å². The van der Waals surface area contributed by atoms with Crippen molar-refractivity contribution >= 4 is 0 Å². The molecule has 1 heterocycles. The van der Waals surface area contributed by atoms with Crippen LogP contribution in [0, 0.1) is 17.8 Å². The van der Waals surface area contributed by atoms with E-state index < -0.39 is 0 Å².